The maximum atomic E-state index is 2.52. The Balaban J connectivity index is 0.816. The lowest BCUT2D eigenvalue weighted by atomic mass is 9.71. The average Bonchev–Trinajstić information content (AvgIpc) is 3.59. The van der Waals surface area contributed by atoms with E-state index in [-0.39, 0.29) is 16.2 Å². The van der Waals surface area contributed by atoms with E-state index in [9.17, 15) is 0 Å². The van der Waals surface area contributed by atoms with Gasteiger partial charge in [-0.3, -0.25) is 0 Å². The van der Waals surface area contributed by atoms with Gasteiger partial charge in [0.15, 0.2) is 0 Å². The lowest BCUT2D eigenvalue weighted by Gasteiger charge is -2.43. The molecule has 2 heteroatoms. The Bertz CT molecular complexity index is 3770. The minimum Gasteiger partial charge on any atom is -0.310 e. The van der Waals surface area contributed by atoms with Gasteiger partial charge in [0.05, 0.1) is 22.7 Å². The summed E-state index contributed by atoms with van der Waals surface area (Å²) < 4.78 is 0. The van der Waals surface area contributed by atoms with Crippen molar-refractivity contribution in [2.75, 3.05) is 9.80 Å². The van der Waals surface area contributed by atoms with Gasteiger partial charge in [0.1, 0.15) is 0 Å². The van der Waals surface area contributed by atoms with Crippen LogP contribution in [0.5, 0.6) is 0 Å². The summed E-state index contributed by atoms with van der Waals surface area (Å²) in [6.07, 6.45) is 4.52. The second-order valence-corrected chi connectivity index (χ2v) is 21.1. The molecule has 10 aromatic carbocycles. The first-order chi connectivity index (χ1) is 33.4. The van der Waals surface area contributed by atoms with E-state index in [2.05, 4.69) is 270 Å². The largest absolute Gasteiger partial charge is 0.310 e. The first-order valence-electron chi connectivity index (χ1n) is 24.5. The summed E-state index contributed by atoms with van der Waals surface area (Å²) in [4.78, 5) is 4.92. The van der Waals surface area contributed by atoms with E-state index in [0.717, 1.165) is 0 Å². The molecule has 1 aliphatic carbocycles. The topological polar surface area (TPSA) is 6.48 Å². The van der Waals surface area contributed by atoms with Gasteiger partial charge in [-0.25, -0.2) is 0 Å². The van der Waals surface area contributed by atoms with Crippen molar-refractivity contribution in [3.8, 4) is 22.3 Å². The second-order valence-electron chi connectivity index (χ2n) is 21.1. The Hall–Kier alpha value is -7.94. The second kappa shape index (κ2) is 15.0. The van der Waals surface area contributed by atoms with E-state index in [1.165, 1.54) is 122 Å². The van der Waals surface area contributed by atoms with Gasteiger partial charge in [0.25, 0.3) is 0 Å². The predicted molar refractivity (Wildman–Crippen MR) is 293 cm³/mol. The lowest BCUT2D eigenvalue weighted by molar-refractivity contribution is 0.627. The summed E-state index contributed by atoms with van der Waals surface area (Å²) in [6.45, 7) is 14.3. The van der Waals surface area contributed by atoms with Crippen LogP contribution in [0.3, 0.4) is 0 Å². The standard InChI is InChI=1S/C67H54N2/c1-65(2)55-20-12-14-22-61(55)68(51-18-8-7-9-19-51)63-35-27-44(37-59(63)65)25-24-43-26-28-48-38-49(30-29-47(48)36-43)50-32-34-53-54-41-60-64(42-58(54)67(5,6)57(53)40-50)69(62-23-15-13-21-56(62)66(60,3)4)52-33-31-45-16-10-11-17-46(45)39-52/h7-42H,1-6H3/b25-24+. The molecule has 3 aliphatic rings. The molecule has 10 aromatic rings. The smallest absolute Gasteiger partial charge is 0.0506 e. The van der Waals surface area contributed by atoms with Crippen molar-refractivity contribution < 1.29 is 0 Å². The Morgan fingerprint density at radius 2 is 0.797 bits per heavy atom. The fourth-order valence-corrected chi connectivity index (χ4v) is 12.1. The summed E-state index contributed by atoms with van der Waals surface area (Å²) in [5.74, 6) is 0. The van der Waals surface area contributed by atoms with E-state index in [4.69, 9.17) is 0 Å². The number of anilines is 6. The predicted octanol–water partition coefficient (Wildman–Crippen LogP) is 18.4. The molecule has 0 saturated carbocycles. The van der Waals surface area contributed by atoms with Crippen molar-refractivity contribution in [3.05, 3.63) is 251 Å². The molecule has 0 N–H and O–H groups in total. The van der Waals surface area contributed by atoms with Crippen LogP contribution in [0.25, 0.3) is 56.0 Å². The van der Waals surface area contributed by atoms with Crippen LogP contribution in [0, 0.1) is 0 Å². The molecule has 0 aromatic heterocycles. The van der Waals surface area contributed by atoms with Crippen LogP contribution in [0.1, 0.15) is 86.1 Å². The number of hydrogen-bond donors (Lipinski definition) is 0. The zero-order valence-electron chi connectivity index (χ0n) is 40.2. The van der Waals surface area contributed by atoms with Gasteiger partial charge in [-0.1, -0.05) is 181 Å². The Morgan fingerprint density at radius 1 is 0.290 bits per heavy atom. The Kier molecular flexibility index (Phi) is 8.99. The molecule has 0 fully saturated rings. The van der Waals surface area contributed by atoms with Crippen molar-refractivity contribution in [1.29, 1.82) is 0 Å². The normalized spacial score (nSPS) is 15.6. The lowest BCUT2D eigenvalue weighted by Crippen LogP contribution is -2.31. The van der Waals surface area contributed by atoms with Gasteiger partial charge in [-0.15, -0.1) is 0 Å². The van der Waals surface area contributed by atoms with Crippen LogP contribution < -0.4 is 9.80 Å². The minimum atomic E-state index is -0.191. The van der Waals surface area contributed by atoms with E-state index < -0.39 is 0 Å². The third-order valence-corrected chi connectivity index (χ3v) is 15.9. The van der Waals surface area contributed by atoms with Gasteiger partial charge in [0, 0.05) is 27.6 Å². The monoisotopic (exact) mass is 886 g/mol. The SMILES string of the molecule is CC1(C)c2cc(-c3ccc4cc(/C=C/c5ccc6c(c5)C(C)(C)c5ccccc5N6c5ccccc5)ccc4c3)ccc2-c2cc3c(cc21)N(c1ccc2ccccc2c1)c1ccccc1C3(C)C. The van der Waals surface area contributed by atoms with Gasteiger partial charge >= 0.3 is 0 Å². The highest BCUT2D eigenvalue weighted by molar-refractivity contribution is 5.96. The molecule has 0 atom stereocenters. The zero-order valence-corrected chi connectivity index (χ0v) is 40.2. The van der Waals surface area contributed by atoms with Crippen molar-refractivity contribution in [1.82, 2.24) is 0 Å². The first-order valence-corrected chi connectivity index (χ1v) is 24.5. The van der Waals surface area contributed by atoms with Gasteiger partial charge in [0.2, 0.25) is 0 Å². The third kappa shape index (κ3) is 6.31. The van der Waals surface area contributed by atoms with E-state index >= 15 is 0 Å². The van der Waals surface area contributed by atoms with Crippen LogP contribution in [0.2, 0.25) is 0 Å². The van der Waals surface area contributed by atoms with Gasteiger partial charge in [-0.05, 0) is 167 Å². The summed E-state index contributed by atoms with van der Waals surface area (Å²) in [7, 11) is 0. The minimum absolute atomic E-state index is 0.148. The van der Waals surface area contributed by atoms with Crippen LogP contribution in [0.15, 0.2) is 206 Å². The van der Waals surface area contributed by atoms with Crippen LogP contribution in [0.4, 0.5) is 34.1 Å². The van der Waals surface area contributed by atoms with Crippen LogP contribution in [-0.2, 0) is 16.2 Å². The van der Waals surface area contributed by atoms with Crippen molar-refractivity contribution >= 4 is 67.8 Å². The number of hydrogen-bond acceptors (Lipinski definition) is 2. The molecule has 0 unspecified atom stereocenters. The van der Waals surface area contributed by atoms with Crippen LogP contribution >= 0.6 is 0 Å². The molecule has 0 amide bonds. The van der Waals surface area contributed by atoms with E-state index in [1.807, 2.05) is 0 Å². The first kappa shape index (κ1) is 41.3. The molecular weight excluding hydrogens is 833 g/mol. The number of rotatable bonds is 5. The number of benzene rings is 10. The third-order valence-electron chi connectivity index (χ3n) is 15.9. The summed E-state index contributed by atoms with van der Waals surface area (Å²) in [5, 5.41) is 4.99. The highest BCUT2D eigenvalue weighted by Gasteiger charge is 2.43. The average molecular weight is 887 g/mol. The highest BCUT2D eigenvalue weighted by atomic mass is 15.2. The molecule has 2 aliphatic heterocycles. The molecule has 0 spiro atoms. The van der Waals surface area contributed by atoms with E-state index in [1.54, 1.807) is 0 Å². The summed E-state index contributed by atoms with van der Waals surface area (Å²) >= 11 is 0. The van der Waals surface area contributed by atoms with E-state index in [0.29, 0.717) is 0 Å². The molecule has 2 nitrogen and oxygen atoms in total. The Morgan fingerprint density at radius 3 is 1.55 bits per heavy atom. The summed E-state index contributed by atoms with van der Waals surface area (Å²) in [6, 6.07) is 77.1. The molecule has 69 heavy (non-hydrogen) atoms. The molecule has 2 heterocycles. The fraction of sp³-hybridized carbons (Fsp3) is 0.134. The molecule has 332 valence electrons. The number of fused-ring (bicyclic) bond motifs is 9. The maximum absolute atomic E-state index is 2.52. The zero-order chi connectivity index (χ0) is 46.8. The maximum Gasteiger partial charge on any atom is 0.0506 e. The molecule has 13 rings (SSSR count). The van der Waals surface area contributed by atoms with Gasteiger partial charge < -0.3 is 9.80 Å². The quantitative estimate of drug-likeness (QED) is 0.159. The van der Waals surface area contributed by atoms with Crippen molar-refractivity contribution in [2.24, 2.45) is 0 Å². The van der Waals surface area contributed by atoms with Crippen LogP contribution in [-0.4, -0.2) is 0 Å². The number of nitrogens with zero attached hydrogens (tertiary/aromatic N) is 2. The molecule has 0 saturated heterocycles. The summed E-state index contributed by atoms with van der Waals surface area (Å²) in [5.41, 5.74) is 22.5. The fourth-order valence-electron chi connectivity index (χ4n) is 12.1. The molecular formula is C67H54N2. The molecule has 0 radical (unpaired) electrons. The Labute approximate surface area is 406 Å². The van der Waals surface area contributed by atoms with Crippen molar-refractivity contribution in [2.45, 2.75) is 57.8 Å². The molecule has 0 bridgehead atoms. The van der Waals surface area contributed by atoms with Gasteiger partial charge in [-0.2, -0.15) is 0 Å². The number of para-hydroxylation sites is 3. The highest BCUT2D eigenvalue weighted by Crippen LogP contribution is 2.58. The van der Waals surface area contributed by atoms with Crippen molar-refractivity contribution in [3.63, 3.8) is 0 Å².